The molecule has 4 rings (SSSR count). The maximum absolute atomic E-state index is 12.5. The zero-order valence-electron chi connectivity index (χ0n) is 13.1. The third-order valence-corrected chi connectivity index (χ3v) is 4.51. The van der Waals surface area contributed by atoms with Gasteiger partial charge < -0.3 is 5.32 Å². The Balaban J connectivity index is 1.66. The number of hydrogen-bond acceptors (Lipinski definition) is 2. The number of carbonyl (C=O) groups is 1. The van der Waals surface area contributed by atoms with Gasteiger partial charge in [0.15, 0.2) is 5.69 Å². The van der Waals surface area contributed by atoms with Crippen LogP contribution in [0.1, 0.15) is 40.7 Å². The summed E-state index contributed by atoms with van der Waals surface area (Å²) in [6.45, 7) is 2.10. The van der Waals surface area contributed by atoms with Gasteiger partial charge in [-0.2, -0.15) is 5.10 Å². The summed E-state index contributed by atoms with van der Waals surface area (Å²) in [7, 11) is 0. The van der Waals surface area contributed by atoms with Crippen molar-refractivity contribution in [1.29, 1.82) is 0 Å². The van der Waals surface area contributed by atoms with Crippen LogP contribution in [0.3, 0.4) is 0 Å². The molecule has 1 aromatic heterocycles. The molecule has 4 heteroatoms. The third-order valence-electron chi connectivity index (χ3n) is 4.51. The van der Waals surface area contributed by atoms with E-state index in [0.717, 1.165) is 42.5 Å². The SMILES string of the molecule is CCCc1cc(C(=O)Nc2ccc3c4c(cccc24)CC3)n[nH]1. The largest absolute Gasteiger partial charge is 0.320 e. The Bertz CT molecular complexity index is 885. The second kappa shape index (κ2) is 5.54. The van der Waals surface area contributed by atoms with E-state index in [0.29, 0.717) is 5.69 Å². The molecule has 2 aromatic carbocycles. The highest BCUT2D eigenvalue weighted by Crippen LogP contribution is 2.35. The summed E-state index contributed by atoms with van der Waals surface area (Å²) in [6, 6.07) is 12.3. The number of aryl methyl sites for hydroxylation is 3. The lowest BCUT2D eigenvalue weighted by Gasteiger charge is -2.09. The van der Waals surface area contributed by atoms with Gasteiger partial charge in [0.1, 0.15) is 0 Å². The van der Waals surface area contributed by atoms with Gasteiger partial charge in [-0.25, -0.2) is 0 Å². The monoisotopic (exact) mass is 305 g/mol. The Morgan fingerprint density at radius 1 is 1.22 bits per heavy atom. The number of anilines is 1. The van der Waals surface area contributed by atoms with Crippen LogP contribution in [0.5, 0.6) is 0 Å². The molecule has 1 heterocycles. The molecule has 0 radical (unpaired) electrons. The van der Waals surface area contributed by atoms with Crippen molar-refractivity contribution < 1.29 is 4.79 Å². The second-order valence-corrected chi connectivity index (χ2v) is 6.09. The van der Waals surface area contributed by atoms with Crippen molar-refractivity contribution in [2.24, 2.45) is 0 Å². The molecule has 3 aromatic rings. The van der Waals surface area contributed by atoms with Crippen LogP contribution in [0.4, 0.5) is 5.69 Å². The van der Waals surface area contributed by atoms with E-state index < -0.39 is 0 Å². The highest BCUT2D eigenvalue weighted by atomic mass is 16.1. The van der Waals surface area contributed by atoms with Crippen LogP contribution in [0.2, 0.25) is 0 Å². The molecule has 0 atom stereocenters. The molecule has 1 aliphatic rings. The summed E-state index contributed by atoms with van der Waals surface area (Å²) in [5.41, 5.74) is 5.05. The van der Waals surface area contributed by atoms with Gasteiger partial charge >= 0.3 is 0 Å². The lowest BCUT2D eigenvalue weighted by atomic mass is 10.0. The molecular weight excluding hydrogens is 286 g/mol. The fourth-order valence-corrected chi connectivity index (χ4v) is 3.42. The highest BCUT2D eigenvalue weighted by molar-refractivity contribution is 6.09. The Hall–Kier alpha value is -2.62. The molecule has 1 amide bonds. The maximum atomic E-state index is 12.5. The molecule has 23 heavy (non-hydrogen) atoms. The van der Waals surface area contributed by atoms with Crippen molar-refractivity contribution >= 4 is 22.4 Å². The van der Waals surface area contributed by atoms with Crippen LogP contribution in [0.25, 0.3) is 10.8 Å². The summed E-state index contributed by atoms with van der Waals surface area (Å²) >= 11 is 0. The van der Waals surface area contributed by atoms with Gasteiger partial charge in [-0.1, -0.05) is 37.6 Å². The minimum Gasteiger partial charge on any atom is -0.320 e. The zero-order valence-corrected chi connectivity index (χ0v) is 13.1. The van der Waals surface area contributed by atoms with Gasteiger partial charge in [0, 0.05) is 16.8 Å². The predicted octanol–water partition coefficient (Wildman–Crippen LogP) is 3.87. The highest BCUT2D eigenvalue weighted by Gasteiger charge is 2.17. The van der Waals surface area contributed by atoms with Crippen LogP contribution in [-0.2, 0) is 19.3 Å². The van der Waals surface area contributed by atoms with Gasteiger partial charge in [0.25, 0.3) is 5.91 Å². The van der Waals surface area contributed by atoms with Crippen LogP contribution < -0.4 is 5.32 Å². The fraction of sp³-hybridized carbons (Fsp3) is 0.263. The minimum atomic E-state index is -0.165. The second-order valence-electron chi connectivity index (χ2n) is 6.09. The van der Waals surface area contributed by atoms with E-state index in [1.807, 2.05) is 12.1 Å². The number of amides is 1. The molecule has 0 fully saturated rings. The fourth-order valence-electron chi connectivity index (χ4n) is 3.42. The lowest BCUT2D eigenvalue weighted by Crippen LogP contribution is -2.12. The summed E-state index contributed by atoms with van der Waals surface area (Å²) in [5, 5.41) is 12.5. The first-order valence-corrected chi connectivity index (χ1v) is 8.15. The first-order chi connectivity index (χ1) is 11.3. The van der Waals surface area contributed by atoms with E-state index in [9.17, 15) is 4.79 Å². The van der Waals surface area contributed by atoms with Gasteiger partial charge in [0.2, 0.25) is 0 Å². The van der Waals surface area contributed by atoms with Crippen LogP contribution >= 0.6 is 0 Å². The van der Waals surface area contributed by atoms with Crippen molar-refractivity contribution in [1.82, 2.24) is 10.2 Å². The van der Waals surface area contributed by atoms with Gasteiger partial charge in [-0.05, 0) is 47.9 Å². The van der Waals surface area contributed by atoms with E-state index in [4.69, 9.17) is 0 Å². The van der Waals surface area contributed by atoms with E-state index >= 15 is 0 Å². The molecule has 0 spiro atoms. The topological polar surface area (TPSA) is 57.8 Å². The number of aromatic amines is 1. The van der Waals surface area contributed by atoms with Crippen molar-refractivity contribution in [3.8, 4) is 0 Å². The molecule has 116 valence electrons. The quantitative estimate of drug-likeness (QED) is 0.769. The molecular formula is C19H19N3O. The summed E-state index contributed by atoms with van der Waals surface area (Å²) in [6.07, 6.45) is 4.10. The molecule has 0 aliphatic heterocycles. The Morgan fingerprint density at radius 2 is 2.04 bits per heavy atom. The van der Waals surface area contributed by atoms with E-state index in [1.54, 1.807) is 0 Å². The normalized spacial score (nSPS) is 12.7. The van der Waals surface area contributed by atoms with E-state index in [2.05, 4.69) is 46.7 Å². The number of aromatic nitrogens is 2. The number of nitrogens with zero attached hydrogens (tertiary/aromatic N) is 1. The molecule has 0 saturated carbocycles. The lowest BCUT2D eigenvalue weighted by molar-refractivity contribution is 0.102. The smallest absolute Gasteiger partial charge is 0.276 e. The first kappa shape index (κ1) is 14.0. The maximum Gasteiger partial charge on any atom is 0.276 e. The standard InChI is InChI=1S/C19H19N3O/c1-2-4-14-11-17(22-21-14)19(23)20-16-10-9-13-8-7-12-5-3-6-15(16)18(12)13/h3,5-6,9-11H,2,4,7-8H2,1H3,(H,20,23)(H,21,22). The molecule has 1 aliphatic carbocycles. The van der Waals surface area contributed by atoms with Crippen LogP contribution in [0.15, 0.2) is 36.4 Å². The number of benzene rings is 2. The number of hydrogen-bond donors (Lipinski definition) is 2. The first-order valence-electron chi connectivity index (χ1n) is 8.15. The predicted molar refractivity (Wildman–Crippen MR) is 91.9 cm³/mol. The minimum absolute atomic E-state index is 0.165. The number of nitrogens with one attached hydrogen (secondary N) is 2. The van der Waals surface area contributed by atoms with Crippen molar-refractivity contribution in [2.45, 2.75) is 32.6 Å². The van der Waals surface area contributed by atoms with Crippen molar-refractivity contribution in [2.75, 3.05) is 5.32 Å². The van der Waals surface area contributed by atoms with Gasteiger partial charge in [-0.15, -0.1) is 0 Å². The summed E-state index contributed by atoms with van der Waals surface area (Å²) in [5.74, 6) is -0.165. The number of H-pyrrole nitrogens is 1. The van der Waals surface area contributed by atoms with Gasteiger partial charge in [-0.3, -0.25) is 9.89 Å². The summed E-state index contributed by atoms with van der Waals surface area (Å²) < 4.78 is 0. The third kappa shape index (κ3) is 2.40. The molecule has 0 saturated heterocycles. The van der Waals surface area contributed by atoms with Crippen molar-refractivity contribution in [3.05, 3.63) is 58.9 Å². The zero-order chi connectivity index (χ0) is 15.8. The van der Waals surface area contributed by atoms with E-state index in [1.165, 1.54) is 16.5 Å². The average molecular weight is 305 g/mol. The molecule has 0 bridgehead atoms. The number of carbonyl (C=O) groups excluding carboxylic acids is 1. The van der Waals surface area contributed by atoms with E-state index in [-0.39, 0.29) is 5.91 Å². The summed E-state index contributed by atoms with van der Waals surface area (Å²) in [4.78, 5) is 12.5. The molecule has 0 unspecified atom stereocenters. The van der Waals surface area contributed by atoms with Crippen LogP contribution in [0, 0.1) is 0 Å². The van der Waals surface area contributed by atoms with Crippen molar-refractivity contribution in [3.63, 3.8) is 0 Å². The number of rotatable bonds is 4. The van der Waals surface area contributed by atoms with Gasteiger partial charge in [0.05, 0.1) is 0 Å². The van der Waals surface area contributed by atoms with Crippen LogP contribution in [-0.4, -0.2) is 16.1 Å². The Labute approximate surface area is 134 Å². The molecule has 2 N–H and O–H groups in total. The Morgan fingerprint density at radius 3 is 2.87 bits per heavy atom. The molecule has 4 nitrogen and oxygen atoms in total. The average Bonchev–Trinajstić information content (AvgIpc) is 3.19. The Kier molecular flexibility index (Phi) is 3.37.